The first-order chi connectivity index (χ1) is 63.0. The molecule has 1 saturated heterocycles. The Morgan fingerprint density at radius 1 is 0.177 bits per heavy atom. The van der Waals surface area contributed by atoms with Crippen molar-refractivity contribution in [2.24, 2.45) is 0 Å². The molecule has 0 unspecified atom stereocenters. The first kappa shape index (κ1) is 78.7. The van der Waals surface area contributed by atoms with E-state index in [1.807, 2.05) is 0 Å². The first-order valence-corrected chi connectivity index (χ1v) is 47.0. The van der Waals surface area contributed by atoms with Crippen molar-refractivity contribution in [3.8, 4) is 77.9 Å². The third kappa shape index (κ3) is 11.1. The van der Waals surface area contributed by atoms with E-state index in [1.165, 1.54) is 256 Å². The van der Waals surface area contributed by atoms with Gasteiger partial charge in [-0.2, -0.15) is 0 Å². The van der Waals surface area contributed by atoms with Gasteiger partial charge in [0.15, 0.2) is 0 Å². The topological polar surface area (TPSA) is 18.5 Å². The Morgan fingerprint density at radius 2 is 0.400 bits per heavy atom. The first-order valence-electron chi connectivity index (χ1n) is 46.2. The van der Waals surface area contributed by atoms with Gasteiger partial charge >= 0.3 is 7.12 Å². The van der Waals surface area contributed by atoms with E-state index in [1.54, 1.807) is 0 Å². The summed E-state index contributed by atoms with van der Waals surface area (Å²) in [6.45, 7) is 28.0. The summed E-state index contributed by atoms with van der Waals surface area (Å²) in [6, 6.07) is 136. The molecule has 1 heterocycles. The Labute approximate surface area is 768 Å². The van der Waals surface area contributed by atoms with Crippen LogP contribution in [0, 0.1) is 0 Å². The molecule has 5 aliphatic rings. The number of benzene rings is 22. The monoisotopic (exact) mass is 1730 g/mol. The molecular formula is C126H96BBrO2. The molecule has 2 nitrogen and oxygen atoms in total. The van der Waals surface area contributed by atoms with Gasteiger partial charge in [-0.15, -0.1) is 0 Å². The fourth-order valence-electron chi connectivity index (χ4n) is 24.1. The van der Waals surface area contributed by atoms with Gasteiger partial charge in [-0.3, -0.25) is 0 Å². The zero-order valence-electron chi connectivity index (χ0n) is 75.4. The zero-order chi connectivity index (χ0) is 88.1. The normalized spacial score (nSPS) is 15.7. The minimum Gasteiger partial charge on any atom is -0.399 e. The summed E-state index contributed by atoms with van der Waals surface area (Å²) in [4.78, 5) is 0. The second-order valence-corrected chi connectivity index (χ2v) is 41.0. The Kier molecular flexibility index (Phi) is 17.1. The Hall–Kier alpha value is -13.6. The summed E-state index contributed by atoms with van der Waals surface area (Å²) >= 11 is 3.79. The molecule has 0 radical (unpaired) electrons. The lowest BCUT2D eigenvalue weighted by Gasteiger charge is -2.32. The van der Waals surface area contributed by atoms with Crippen LogP contribution in [0.1, 0.15) is 128 Å². The molecular weight excluding hydrogens is 1640 g/mol. The predicted molar refractivity (Wildman–Crippen MR) is 559 cm³/mol. The molecule has 1 fully saturated rings. The number of halogens is 1. The summed E-state index contributed by atoms with van der Waals surface area (Å²) in [6.07, 6.45) is 0. The van der Waals surface area contributed by atoms with Crippen LogP contribution >= 0.6 is 15.9 Å². The van der Waals surface area contributed by atoms with Gasteiger partial charge in [0.2, 0.25) is 0 Å². The largest absolute Gasteiger partial charge is 0.495 e. The van der Waals surface area contributed by atoms with Crippen molar-refractivity contribution in [1.82, 2.24) is 0 Å². The highest BCUT2D eigenvalue weighted by Gasteiger charge is 2.54. The average Bonchev–Trinajstić information content (AvgIpc) is 1.52. The number of fused-ring (bicyclic) bond motifs is 32. The lowest BCUT2D eigenvalue weighted by Crippen LogP contribution is -2.41. The van der Waals surface area contributed by atoms with E-state index in [-0.39, 0.29) is 21.7 Å². The summed E-state index contributed by atoms with van der Waals surface area (Å²) in [5.74, 6) is 0. The van der Waals surface area contributed by atoms with E-state index in [9.17, 15) is 0 Å². The summed E-state index contributed by atoms with van der Waals surface area (Å²) in [5, 5.41) is 31.3. The summed E-state index contributed by atoms with van der Waals surface area (Å²) in [5.41, 5.74) is 29.5. The molecule has 4 heteroatoms. The molecule has 0 aromatic heterocycles. The van der Waals surface area contributed by atoms with Crippen LogP contribution in [0.5, 0.6) is 0 Å². The Balaban J connectivity index is 0.000000116. The highest BCUT2D eigenvalue weighted by Crippen LogP contribution is 2.63. The molecule has 0 N–H and O–H groups in total. The van der Waals surface area contributed by atoms with Gasteiger partial charge in [0.25, 0.3) is 0 Å². The third-order valence-corrected chi connectivity index (χ3v) is 32.3. The maximum absolute atomic E-state index is 6.66. The van der Waals surface area contributed by atoms with E-state index in [2.05, 4.69) is 463 Å². The minimum absolute atomic E-state index is 0.147. The van der Waals surface area contributed by atoms with Crippen molar-refractivity contribution >= 4 is 158 Å². The van der Waals surface area contributed by atoms with Crippen molar-refractivity contribution < 1.29 is 9.31 Å². The van der Waals surface area contributed by atoms with Gasteiger partial charge in [-0.1, -0.05) is 365 Å². The van der Waals surface area contributed by atoms with Gasteiger partial charge in [0.05, 0.1) is 11.2 Å². The van der Waals surface area contributed by atoms with Crippen molar-refractivity contribution in [3.63, 3.8) is 0 Å². The maximum Gasteiger partial charge on any atom is 0.495 e. The van der Waals surface area contributed by atoms with Crippen LogP contribution in [0.4, 0.5) is 0 Å². The van der Waals surface area contributed by atoms with Crippen LogP contribution in [0.25, 0.3) is 207 Å². The summed E-state index contributed by atoms with van der Waals surface area (Å²) < 4.78 is 14.5. The Bertz CT molecular complexity index is 8610. The molecule has 22 aromatic rings. The quantitative estimate of drug-likeness (QED) is 0.0993. The van der Waals surface area contributed by atoms with Crippen LogP contribution < -0.4 is 5.46 Å². The molecule has 622 valence electrons. The van der Waals surface area contributed by atoms with Crippen molar-refractivity contribution in [3.05, 3.63) is 413 Å². The fraction of sp³-hybridized carbons (Fsp3) is 0.143. The smallest absolute Gasteiger partial charge is 0.399 e. The predicted octanol–water partition coefficient (Wildman–Crippen LogP) is 34.2. The van der Waals surface area contributed by atoms with E-state index in [0.717, 1.165) is 5.46 Å². The van der Waals surface area contributed by atoms with Crippen molar-refractivity contribution in [2.75, 3.05) is 0 Å². The molecule has 27 rings (SSSR count). The van der Waals surface area contributed by atoms with Crippen LogP contribution in [-0.2, 0) is 31.0 Å². The lowest BCUT2D eigenvalue weighted by molar-refractivity contribution is 0.00578. The van der Waals surface area contributed by atoms with Crippen LogP contribution in [0.15, 0.2) is 368 Å². The van der Waals surface area contributed by atoms with Gasteiger partial charge < -0.3 is 9.31 Å². The minimum atomic E-state index is -0.422. The second kappa shape index (κ2) is 28.2. The van der Waals surface area contributed by atoms with Crippen LogP contribution in [-0.4, -0.2) is 18.3 Å². The highest BCUT2D eigenvalue weighted by atomic mass is 79.9. The molecule has 0 bridgehead atoms. The van der Waals surface area contributed by atoms with E-state index >= 15 is 0 Å². The second-order valence-electron chi connectivity index (χ2n) is 40.2. The lowest BCUT2D eigenvalue weighted by atomic mass is 9.72. The molecule has 22 aromatic carbocycles. The van der Waals surface area contributed by atoms with E-state index < -0.39 is 18.3 Å². The molecule has 0 saturated carbocycles. The molecule has 1 aliphatic heterocycles. The number of hydrogen-bond donors (Lipinski definition) is 0. The highest BCUT2D eigenvalue weighted by molar-refractivity contribution is 9.10. The van der Waals surface area contributed by atoms with Crippen molar-refractivity contribution in [2.45, 2.75) is 116 Å². The Morgan fingerprint density at radius 3 is 0.762 bits per heavy atom. The zero-order valence-corrected chi connectivity index (χ0v) is 77.0. The molecule has 0 atom stereocenters. The molecule has 0 amide bonds. The van der Waals surface area contributed by atoms with Gasteiger partial charge in [-0.25, -0.2) is 0 Å². The maximum atomic E-state index is 6.66. The van der Waals surface area contributed by atoms with Crippen LogP contribution in [0.2, 0.25) is 0 Å². The van der Waals surface area contributed by atoms with E-state index in [4.69, 9.17) is 9.31 Å². The van der Waals surface area contributed by atoms with Gasteiger partial charge in [-0.05, 0) is 355 Å². The summed E-state index contributed by atoms with van der Waals surface area (Å²) in [7, 11) is -0.422. The van der Waals surface area contributed by atoms with Gasteiger partial charge in [0.1, 0.15) is 0 Å². The van der Waals surface area contributed by atoms with E-state index in [0.29, 0.717) is 0 Å². The van der Waals surface area contributed by atoms with Crippen molar-refractivity contribution in [1.29, 1.82) is 0 Å². The fourth-order valence-corrected chi connectivity index (χ4v) is 24.8. The van der Waals surface area contributed by atoms with Gasteiger partial charge in [0, 0.05) is 26.1 Å². The SMILES string of the molecule is Brc1c2ccccc2c(-c2ccccc2)c2ccccc12.CC1(C)c2cc3c(cc2-c2cc4c5ccccc5c5ccccc5c4cc21)C(C)(C)c1cc(-c2c4ccccc4c(-c4ccccc4)c4ccccc24)c2ccccc2c1-3.CC1(C)c2cc3c(cc2-c2cc4c5ccccc5c5ccccc5c4cc21)C(C)(C)c1cc(B2OC(C)(C)C(C)(C)O2)c2ccccc2c1-3. The standard InChI is InChI=1S/C60H42.C46H41BO2.C20H13Br/c1-59(2)52-31-47-39-23-11-9-21-37(39)36-20-8-10-22-38(36)46(47)30-48(52)49-32-54-51(34-53(49)59)58-41-25-13-12-24-40(41)50(33-55(58)60(54,3)4)57-44-28-16-14-26-42(44)56(35-18-6-5-7-19-35)43-27-15-17-29-45(43)57;1-43(2)37-22-33-29-18-12-10-16-27(29)26-15-9-11-17-28(26)32(33)21-34(37)35-23-39-36(24-38(35)43)42-31-20-14-13-19-30(31)41(25-40(42)44(39,3)4)47-48-45(5,6)46(7,8)49-47;21-20-17-12-6-4-10-15(17)19(14-8-2-1-3-9-14)16-11-5-7-13-18(16)20/h5-34H,1-4H3;9-25H,1-8H3;1-13H. The molecule has 0 spiro atoms. The molecule has 130 heavy (non-hydrogen) atoms. The van der Waals surface area contributed by atoms with Crippen LogP contribution in [0.3, 0.4) is 0 Å². The number of hydrogen-bond acceptors (Lipinski definition) is 2. The molecule has 4 aliphatic carbocycles. The third-order valence-electron chi connectivity index (χ3n) is 31.4. The number of rotatable bonds is 4. The average molecular weight is 1730 g/mol.